The third-order valence-electron chi connectivity index (χ3n) is 2.92. The summed E-state index contributed by atoms with van der Waals surface area (Å²) in [6, 6.07) is 3.04. The van der Waals surface area contributed by atoms with Crippen LogP contribution in [0.4, 0.5) is 0 Å². The number of carbonyl (C=O) groups excluding carboxylic acids is 1. The zero-order chi connectivity index (χ0) is 17.4. The van der Waals surface area contributed by atoms with E-state index in [1.54, 1.807) is 24.4 Å². The molecular weight excluding hydrogens is 302 g/mol. The highest BCUT2D eigenvalue weighted by atomic mass is 16.4. The standard InChI is InChI=1S/C11H9N3O5.C4H10/c15-9(13-8(10(16)17)11(18)19)6-5-12-7-3-1-2-4-14(6)7;1-3-4-2/h1-5,8H,(H,13,15)(H,16,17)(H,18,19);3-4H2,1-2H3. The van der Waals surface area contributed by atoms with Gasteiger partial charge >= 0.3 is 11.9 Å². The topological polar surface area (TPSA) is 121 Å². The minimum Gasteiger partial charge on any atom is -0.479 e. The monoisotopic (exact) mass is 321 g/mol. The number of nitrogens with zero attached hydrogens (tertiary/aromatic N) is 2. The van der Waals surface area contributed by atoms with Gasteiger partial charge in [0, 0.05) is 6.20 Å². The highest BCUT2D eigenvalue weighted by Gasteiger charge is 2.28. The molecule has 23 heavy (non-hydrogen) atoms. The Labute approximate surface area is 132 Å². The maximum atomic E-state index is 11.8. The van der Waals surface area contributed by atoms with Gasteiger partial charge in [-0.2, -0.15) is 0 Å². The number of pyridine rings is 1. The van der Waals surface area contributed by atoms with Gasteiger partial charge in [-0.25, -0.2) is 14.6 Å². The Kier molecular flexibility index (Phi) is 6.72. The summed E-state index contributed by atoms with van der Waals surface area (Å²) < 4.78 is 1.43. The Hall–Kier alpha value is -2.90. The fraction of sp³-hybridized carbons (Fsp3) is 0.333. The van der Waals surface area contributed by atoms with E-state index in [0.29, 0.717) is 5.65 Å². The number of amides is 1. The van der Waals surface area contributed by atoms with Crippen molar-refractivity contribution < 1.29 is 24.6 Å². The molecule has 0 saturated carbocycles. The number of aliphatic carboxylic acids is 2. The molecule has 2 aromatic heterocycles. The molecule has 0 aromatic carbocycles. The van der Waals surface area contributed by atoms with Gasteiger partial charge in [0.15, 0.2) is 0 Å². The molecule has 0 fully saturated rings. The van der Waals surface area contributed by atoms with E-state index >= 15 is 0 Å². The quantitative estimate of drug-likeness (QED) is 0.716. The number of carbonyl (C=O) groups is 3. The SMILES string of the molecule is CCCC.O=C(NC(C(=O)O)C(=O)O)c1cnc2ccccn12. The number of hydrogen-bond acceptors (Lipinski definition) is 4. The van der Waals surface area contributed by atoms with E-state index in [1.165, 1.54) is 23.4 Å². The molecule has 0 aliphatic heterocycles. The van der Waals surface area contributed by atoms with Gasteiger partial charge < -0.3 is 15.5 Å². The van der Waals surface area contributed by atoms with Crippen molar-refractivity contribution in [2.75, 3.05) is 0 Å². The fourth-order valence-corrected chi connectivity index (χ4v) is 1.53. The average Bonchev–Trinajstić information content (AvgIpc) is 2.96. The molecule has 0 atom stereocenters. The number of carboxylic acid groups (broad SMARTS) is 2. The molecule has 8 nitrogen and oxygen atoms in total. The van der Waals surface area contributed by atoms with Gasteiger partial charge in [-0.15, -0.1) is 0 Å². The number of nitrogens with one attached hydrogen (secondary N) is 1. The van der Waals surface area contributed by atoms with Gasteiger partial charge in [-0.05, 0) is 12.1 Å². The molecule has 0 unspecified atom stereocenters. The molecule has 0 radical (unpaired) electrons. The maximum Gasteiger partial charge on any atom is 0.338 e. The first-order valence-electron chi connectivity index (χ1n) is 7.10. The number of imidazole rings is 1. The van der Waals surface area contributed by atoms with Crippen LogP contribution in [0.25, 0.3) is 5.65 Å². The molecule has 2 heterocycles. The van der Waals surface area contributed by atoms with E-state index in [1.807, 2.05) is 5.32 Å². The lowest BCUT2D eigenvalue weighted by Gasteiger charge is -2.09. The first kappa shape index (κ1) is 18.1. The van der Waals surface area contributed by atoms with Gasteiger partial charge in [0.2, 0.25) is 6.04 Å². The molecule has 0 aliphatic rings. The second-order valence-corrected chi connectivity index (χ2v) is 4.66. The summed E-state index contributed by atoms with van der Waals surface area (Å²) in [5.74, 6) is -4.11. The predicted molar refractivity (Wildman–Crippen MR) is 82.3 cm³/mol. The number of carboxylic acids is 2. The van der Waals surface area contributed by atoms with Crippen molar-refractivity contribution in [2.45, 2.75) is 32.7 Å². The predicted octanol–water partition coefficient (Wildman–Crippen LogP) is 1.41. The maximum absolute atomic E-state index is 11.8. The summed E-state index contributed by atoms with van der Waals surface area (Å²) in [7, 11) is 0. The van der Waals surface area contributed by atoms with Crippen molar-refractivity contribution in [1.29, 1.82) is 0 Å². The van der Waals surface area contributed by atoms with Crippen LogP contribution in [0.2, 0.25) is 0 Å². The minimum absolute atomic E-state index is 0.0584. The number of fused-ring (bicyclic) bond motifs is 1. The lowest BCUT2D eigenvalue weighted by atomic mass is 10.3. The summed E-state index contributed by atoms with van der Waals surface area (Å²) in [6.45, 7) is 4.36. The van der Waals surface area contributed by atoms with Crippen molar-refractivity contribution in [3.05, 3.63) is 36.3 Å². The van der Waals surface area contributed by atoms with Crippen molar-refractivity contribution >= 4 is 23.5 Å². The number of rotatable bonds is 5. The highest BCUT2D eigenvalue weighted by molar-refractivity contribution is 6.04. The molecule has 1 amide bonds. The number of aromatic nitrogens is 2. The summed E-state index contributed by atoms with van der Waals surface area (Å²) >= 11 is 0. The smallest absolute Gasteiger partial charge is 0.338 e. The third kappa shape index (κ3) is 4.80. The van der Waals surface area contributed by atoms with Crippen molar-refractivity contribution in [1.82, 2.24) is 14.7 Å². The van der Waals surface area contributed by atoms with E-state index in [9.17, 15) is 14.4 Å². The van der Waals surface area contributed by atoms with E-state index < -0.39 is 23.9 Å². The van der Waals surface area contributed by atoms with Crippen LogP contribution in [0.5, 0.6) is 0 Å². The molecular formula is C15H19N3O5. The zero-order valence-corrected chi connectivity index (χ0v) is 12.9. The van der Waals surface area contributed by atoms with Crippen LogP contribution in [0.15, 0.2) is 30.6 Å². The molecule has 0 aliphatic carbocycles. The van der Waals surface area contributed by atoms with E-state index in [0.717, 1.165) is 0 Å². The minimum atomic E-state index is -2.00. The van der Waals surface area contributed by atoms with Crippen LogP contribution in [0.1, 0.15) is 37.2 Å². The largest absolute Gasteiger partial charge is 0.479 e. The highest BCUT2D eigenvalue weighted by Crippen LogP contribution is 2.06. The molecule has 3 N–H and O–H groups in total. The van der Waals surface area contributed by atoms with E-state index in [4.69, 9.17) is 10.2 Å². The Balaban J connectivity index is 0.000000593. The van der Waals surface area contributed by atoms with Crippen LogP contribution < -0.4 is 5.32 Å². The normalized spacial score (nSPS) is 10.0. The summed E-state index contributed by atoms with van der Waals surface area (Å²) in [5.41, 5.74) is 0.554. The third-order valence-corrected chi connectivity index (χ3v) is 2.92. The molecule has 0 saturated heterocycles. The molecule has 2 rings (SSSR count). The van der Waals surface area contributed by atoms with Gasteiger partial charge in [0.1, 0.15) is 11.3 Å². The van der Waals surface area contributed by atoms with Crippen LogP contribution in [-0.4, -0.2) is 43.5 Å². The molecule has 2 aromatic rings. The van der Waals surface area contributed by atoms with E-state index in [-0.39, 0.29) is 5.69 Å². The summed E-state index contributed by atoms with van der Waals surface area (Å²) in [4.78, 5) is 37.2. The van der Waals surface area contributed by atoms with Crippen molar-refractivity contribution in [3.8, 4) is 0 Å². The van der Waals surface area contributed by atoms with Crippen molar-refractivity contribution in [2.24, 2.45) is 0 Å². The van der Waals surface area contributed by atoms with Crippen molar-refractivity contribution in [3.63, 3.8) is 0 Å². The summed E-state index contributed by atoms with van der Waals surface area (Å²) in [5, 5.41) is 19.3. The van der Waals surface area contributed by atoms with Gasteiger partial charge in [0.05, 0.1) is 6.20 Å². The Morgan fingerprint density at radius 2 is 1.78 bits per heavy atom. The summed E-state index contributed by atoms with van der Waals surface area (Å²) in [6.07, 6.45) is 5.44. The van der Waals surface area contributed by atoms with Gasteiger partial charge in [0.25, 0.3) is 5.91 Å². The Morgan fingerprint density at radius 1 is 1.17 bits per heavy atom. The fourth-order valence-electron chi connectivity index (χ4n) is 1.53. The number of unbranched alkanes of at least 4 members (excludes halogenated alkanes) is 1. The first-order valence-corrected chi connectivity index (χ1v) is 7.10. The molecule has 0 bridgehead atoms. The van der Waals surface area contributed by atoms with Gasteiger partial charge in [-0.3, -0.25) is 9.20 Å². The second kappa shape index (κ2) is 8.52. The lowest BCUT2D eigenvalue weighted by Crippen LogP contribution is -2.46. The first-order chi connectivity index (χ1) is 10.9. The van der Waals surface area contributed by atoms with Crippen LogP contribution >= 0.6 is 0 Å². The molecule has 124 valence electrons. The van der Waals surface area contributed by atoms with E-state index in [2.05, 4.69) is 18.8 Å². The second-order valence-electron chi connectivity index (χ2n) is 4.66. The molecule has 8 heteroatoms. The Bertz CT molecular complexity index is 679. The molecule has 0 spiro atoms. The van der Waals surface area contributed by atoms with Crippen LogP contribution in [-0.2, 0) is 9.59 Å². The Morgan fingerprint density at radius 3 is 2.30 bits per heavy atom. The zero-order valence-electron chi connectivity index (χ0n) is 12.9. The number of hydrogen-bond donors (Lipinski definition) is 3. The van der Waals surface area contributed by atoms with Gasteiger partial charge in [-0.1, -0.05) is 32.8 Å². The lowest BCUT2D eigenvalue weighted by molar-refractivity contribution is -0.150. The van der Waals surface area contributed by atoms with Crippen LogP contribution in [0, 0.1) is 0 Å². The average molecular weight is 321 g/mol. The van der Waals surface area contributed by atoms with Crippen LogP contribution in [0.3, 0.4) is 0 Å².